The first-order valence-electron chi connectivity index (χ1n) is 7.09. The first kappa shape index (κ1) is 14.4. The number of aryl methyl sites for hydroxylation is 1. The zero-order valence-electron chi connectivity index (χ0n) is 11.7. The van der Waals surface area contributed by atoms with E-state index < -0.39 is 0 Å². The Balaban J connectivity index is 1.87. The predicted molar refractivity (Wildman–Crippen MR) is 79.5 cm³/mol. The summed E-state index contributed by atoms with van der Waals surface area (Å²) < 4.78 is 0. The molecule has 1 fully saturated rings. The number of carbonyl (C=O) groups excluding carboxylic acids is 1. The Morgan fingerprint density at radius 2 is 2.00 bits per heavy atom. The molecule has 2 rings (SSSR count). The average Bonchev–Trinajstić information content (AvgIpc) is 2.36. The van der Waals surface area contributed by atoms with Gasteiger partial charge in [-0.05, 0) is 55.7 Å². The summed E-state index contributed by atoms with van der Waals surface area (Å²) in [6.07, 6.45) is 5.03. The molecule has 0 heterocycles. The number of carbonyl (C=O) groups is 1. The van der Waals surface area contributed by atoms with Gasteiger partial charge in [0.1, 0.15) is 0 Å². The van der Waals surface area contributed by atoms with E-state index in [1.165, 1.54) is 12.8 Å². The van der Waals surface area contributed by atoms with E-state index in [1.54, 1.807) is 0 Å². The Hall–Kier alpha value is -1.02. The summed E-state index contributed by atoms with van der Waals surface area (Å²) in [5.41, 5.74) is 2.03. The number of benzene rings is 1. The topological polar surface area (TPSA) is 29.1 Å². The van der Waals surface area contributed by atoms with Gasteiger partial charge >= 0.3 is 0 Å². The van der Waals surface area contributed by atoms with Gasteiger partial charge in [0.15, 0.2) is 0 Å². The summed E-state index contributed by atoms with van der Waals surface area (Å²) in [7, 11) is 0. The van der Waals surface area contributed by atoms with Crippen molar-refractivity contribution < 1.29 is 4.79 Å². The van der Waals surface area contributed by atoms with Crippen molar-refractivity contribution in [1.29, 1.82) is 0 Å². The van der Waals surface area contributed by atoms with Crippen molar-refractivity contribution in [3.05, 3.63) is 34.3 Å². The molecule has 1 amide bonds. The third-order valence-electron chi connectivity index (χ3n) is 3.94. The molecule has 0 aliphatic heterocycles. The molecule has 0 radical (unpaired) electrons. The lowest BCUT2D eigenvalue weighted by Gasteiger charge is -2.27. The second kappa shape index (κ2) is 6.42. The number of nitrogens with one attached hydrogen (secondary N) is 1. The second-order valence-corrected chi connectivity index (χ2v) is 6.20. The quantitative estimate of drug-likeness (QED) is 0.894. The van der Waals surface area contributed by atoms with E-state index in [9.17, 15) is 4.79 Å². The van der Waals surface area contributed by atoms with Crippen molar-refractivity contribution in [3.63, 3.8) is 0 Å². The van der Waals surface area contributed by atoms with Gasteiger partial charge in [0, 0.05) is 11.1 Å². The van der Waals surface area contributed by atoms with Crippen molar-refractivity contribution in [2.45, 2.75) is 52.0 Å². The summed E-state index contributed by atoms with van der Waals surface area (Å²) in [5.74, 6) is 0.894. The molecule has 3 heteroatoms. The van der Waals surface area contributed by atoms with Crippen LogP contribution in [0.15, 0.2) is 18.2 Å². The van der Waals surface area contributed by atoms with Gasteiger partial charge in [0.05, 0.1) is 6.42 Å². The van der Waals surface area contributed by atoms with Crippen LogP contribution in [-0.2, 0) is 11.2 Å². The standard InChI is InChI=1S/C16H22ClNO/c1-11-4-7-14(8-5-11)18-16(19)10-13-6-3-12(2)9-15(13)17/h3,6,9,11,14H,4-5,7-8,10H2,1-2H3,(H,18,19). The first-order chi connectivity index (χ1) is 9.04. The maximum absolute atomic E-state index is 12.0. The third-order valence-corrected chi connectivity index (χ3v) is 4.29. The molecule has 1 aromatic carbocycles. The SMILES string of the molecule is Cc1ccc(CC(=O)NC2CCC(C)CC2)c(Cl)c1. The summed E-state index contributed by atoms with van der Waals surface area (Å²) in [6, 6.07) is 6.21. The van der Waals surface area contributed by atoms with Gasteiger partial charge < -0.3 is 5.32 Å². The fraction of sp³-hybridized carbons (Fsp3) is 0.562. The molecule has 0 unspecified atom stereocenters. The average molecular weight is 280 g/mol. The molecule has 1 N–H and O–H groups in total. The van der Waals surface area contributed by atoms with Crippen LogP contribution in [0.1, 0.15) is 43.7 Å². The Labute approximate surface area is 120 Å². The van der Waals surface area contributed by atoms with Crippen LogP contribution in [0.5, 0.6) is 0 Å². The van der Waals surface area contributed by atoms with Gasteiger partial charge in [-0.1, -0.05) is 30.7 Å². The van der Waals surface area contributed by atoms with E-state index in [4.69, 9.17) is 11.6 Å². The molecule has 1 aliphatic rings. The summed E-state index contributed by atoms with van der Waals surface area (Å²) in [6.45, 7) is 4.28. The predicted octanol–water partition coefficient (Wildman–Crippen LogP) is 3.89. The van der Waals surface area contributed by atoms with Gasteiger partial charge in [0.25, 0.3) is 0 Å². The molecule has 0 atom stereocenters. The molecule has 1 aromatic rings. The van der Waals surface area contributed by atoms with Crippen molar-refractivity contribution in [1.82, 2.24) is 5.32 Å². The first-order valence-corrected chi connectivity index (χ1v) is 7.47. The zero-order valence-corrected chi connectivity index (χ0v) is 12.5. The van der Waals surface area contributed by atoms with Gasteiger partial charge in [0.2, 0.25) is 5.91 Å². The summed E-state index contributed by atoms with van der Waals surface area (Å²) in [5, 5.41) is 3.82. The number of rotatable bonds is 3. The maximum atomic E-state index is 12.0. The van der Waals surface area contributed by atoms with E-state index in [1.807, 2.05) is 25.1 Å². The van der Waals surface area contributed by atoms with Crippen LogP contribution in [0, 0.1) is 12.8 Å². The van der Waals surface area contributed by atoms with Crippen LogP contribution in [-0.4, -0.2) is 11.9 Å². The summed E-state index contributed by atoms with van der Waals surface area (Å²) in [4.78, 5) is 12.0. The fourth-order valence-electron chi connectivity index (χ4n) is 2.65. The summed E-state index contributed by atoms with van der Waals surface area (Å²) >= 11 is 6.16. The molecule has 0 saturated heterocycles. The van der Waals surface area contributed by atoms with Gasteiger partial charge in [-0.3, -0.25) is 4.79 Å². The molecule has 0 bridgehead atoms. The van der Waals surface area contributed by atoms with E-state index in [-0.39, 0.29) is 5.91 Å². The Kier molecular flexibility index (Phi) is 4.87. The smallest absolute Gasteiger partial charge is 0.224 e. The van der Waals surface area contributed by atoms with Crippen LogP contribution >= 0.6 is 11.6 Å². The minimum absolute atomic E-state index is 0.0882. The van der Waals surface area contributed by atoms with Crippen molar-refractivity contribution in [2.24, 2.45) is 5.92 Å². The highest BCUT2D eigenvalue weighted by molar-refractivity contribution is 6.31. The Bertz CT molecular complexity index is 450. The molecular formula is C16H22ClNO. The minimum atomic E-state index is 0.0882. The maximum Gasteiger partial charge on any atom is 0.224 e. The lowest BCUT2D eigenvalue weighted by atomic mass is 9.87. The second-order valence-electron chi connectivity index (χ2n) is 5.80. The molecule has 0 spiro atoms. The molecule has 19 heavy (non-hydrogen) atoms. The monoisotopic (exact) mass is 279 g/mol. The van der Waals surface area contributed by atoms with E-state index in [2.05, 4.69) is 12.2 Å². The van der Waals surface area contributed by atoms with Crippen LogP contribution in [0.3, 0.4) is 0 Å². The Morgan fingerprint density at radius 1 is 1.32 bits per heavy atom. The highest BCUT2D eigenvalue weighted by Crippen LogP contribution is 2.24. The molecule has 104 valence electrons. The molecular weight excluding hydrogens is 258 g/mol. The number of amides is 1. The van der Waals surface area contributed by atoms with Crippen LogP contribution in [0.2, 0.25) is 5.02 Å². The lowest BCUT2D eigenvalue weighted by Crippen LogP contribution is -2.38. The number of hydrogen-bond acceptors (Lipinski definition) is 1. The van der Waals surface area contributed by atoms with Crippen LogP contribution < -0.4 is 5.32 Å². The van der Waals surface area contributed by atoms with E-state index >= 15 is 0 Å². The lowest BCUT2D eigenvalue weighted by molar-refractivity contribution is -0.121. The Morgan fingerprint density at radius 3 is 2.63 bits per heavy atom. The number of halogens is 1. The largest absolute Gasteiger partial charge is 0.353 e. The normalized spacial score (nSPS) is 23.1. The van der Waals surface area contributed by atoms with Crippen LogP contribution in [0.25, 0.3) is 0 Å². The highest BCUT2D eigenvalue weighted by atomic mass is 35.5. The van der Waals surface area contributed by atoms with Gasteiger partial charge in [-0.15, -0.1) is 0 Å². The zero-order chi connectivity index (χ0) is 13.8. The van der Waals surface area contributed by atoms with Crippen molar-refractivity contribution >= 4 is 17.5 Å². The van der Waals surface area contributed by atoms with E-state index in [0.29, 0.717) is 17.5 Å². The highest BCUT2D eigenvalue weighted by Gasteiger charge is 2.19. The molecule has 1 aliphatic carbocycles. The van der Waals surface area contributed by atoms with Crippen molar-refractivity contribution in [2.75, 3.05) is 0 Å². The fourth-order valence-corrected chi connectivity index (χ4v) is 2.95. The van der Waals surface area contributed by atoms with E-state index in [0.717, 1.165) is 29.9 Å². The molecule has 1 saturated carbocycles. The molecule has 0 aromatic heterocycles. The number of hydrogen-bond donors (Lipinski definition) is 1. The molecule has 2 nitrogen and oxygen atoms in total. The van der Waals surface area contributed by atoms with Crippen LogP contribution in [0.4, 0.5) is 0 Å². The van der Waals surface area contributed by atoms with Crippen molar-refractivity contribution in [3.8, 4) is 0 Å². The van der Waals surface area contributed by atoms with Gasteiger partial charge in [-0.2, -0.15) is 0 Å². The third kappa shape index (κ3) is 4.24. The van der Waals surface area contributed by atoms with Gasteiger partial charge in [-0.25, -0.2) is 0 Å². The minimum Gasteiger partial charge on any atom is -0.353 e.